The Kier molecular flexibility index (Phi) is 4.90. The normalized spacial score (nSPS) is 16.6. The maximum absolute atomic E-state index is 13.2. The van der Waals surface area contributed by atoms with Crippen LogP contribution in [-0.4, -0.2) is 30.4 Å². The van der Waals surface area contributed by atoms with Gasteiger partial charge in [-0.05, 0) is 37.1 Å². The number of nitrogens with two attached hydrogens (primary N) is 1. The number of amides is 1. The van der Waals surface area contributed by atoms with E-state index in [9.17, 15) is 18.0 Å². The Hall–Kier alpha value is -1.82. The predicted octanol–water partition coefficient (Wildman–Crippen LogP) is 3.30. The number of benzene rings is 1. The summed E-state index contributed by atoms with van der Waals surface area (Å²) in [7, 11) is 0. The second-order valence-corrected chi connectivity index (χ2v) is 5.40. The molecule has 1 amide bonds. The van der Waals surface area contributed by atoms with Crippen LogP contribution in [0.5, 0.6) is 0 Å². The second kappa shape index (κ2) is 6.52. The first-order chi connectivity index (χ1) is 10.3. The van der Waals surface area contributed by atoms with Gasteiger partial charge in [0.15, 0.2) is 0 Å². The second-order valence-electron chi connectivity index (χ2n) is 5.40. The highest BCUT2D eigenvalue weighted by molar-refractivity contribution is 5.93. The van der Waals surface area contributed by atoms with Crippen LogP contribution in [0, 0.1) is 0 Å². The zero-order valence-electron chi connectivity index (χ0n) is 12.4. The van der Waals surface area contributed by atoms with Gasteiger partial charge in [-0.1, -0.05) is 24.6 Å². The van der Waals surface area contributed by atoms with E-state index in [2.05, 4.69) is 11.8 Å². The maximum Gasteiger partial charge on any atom is 0.417 e. The van der Waals surface area contributed by atoms with Crippen molar-refractivity contribution < 1.29 is 18.0 Å². The zero-order valence-corrected chi connectivity index (χ0v) is 12.4. The number of rotatable bonds is 3. The van der Waals surface area contributed by atoms with E-state index in [0.717, 1.165) is 44.1 Å². The van der Waals surface area contributed by atoms with Crippen molar-refractivity contribution in [1.29, 1.82) is 0 Å². The van der Waals surface area contributed by atoms with Crippen LogP contribution in [-0.2, 0) is 6.18 Å². The third-order valence-corrected chi connectivity index (χ3v) is 3.95. The van der Waals surface area contributed by atoms with Crippen molar-refractivity contribution in [3.05, 3.63) is 40.5 Å². The molecule has 0 radical (unpaired) electrons. The summed E-state index contributed by atoms with van der Waals surface area (Å²) in [6.07, 6.45) is -1.38. The third-order valence-electron chi connectivity index (χ3n) is 3.95. The molecule has 0 aromatic heterocycles. The summed E-state index contributed by atoms with van der Waals surface area (Å²) in [6, 6.07) is 3.49. The van der Waals surface area contributed by atoms with Crippen LogP contribution in [0.15, 0.2) is 23.8 Å². The molecular formula is C16H19F3N2O. The molecular weight excluding hydrogens is 293 g/mol. The van der Waals surface area contributed by atoms with E-state index < -0.39 is 17.6 Å². The number of halogens is 3. The van der Waals surface area contributed by atoms with E-state index in [1.54, 1.807) is 6.08 Å². The fourth-order valence-electron chi connectivity index (χ4n) is 2.60. The molecule has 0 bridgehead atoms. The molecule has 1 aliphatic heterocycles. The van der Waals surface area contributed by atoms with Gasteiger partial charge in [0.05, 0.1) is 5.56 Å². The van der Waals surface area contributed by atoms with E-state index in [1.807, 2.05) is 0 Å². The number of hydrogen-bond donors (Lipinski definition) is 1. The smallest absolute Gasteiger partial charge is 0.366 e. The molecule has 22 heavy (non-hydrogen) atoms. The summed E-state index contributed by atoms with van der Waals surface area (Å²) in [5.41, 5.74) is 5.22. The van der Waals surface area contributed by atoms with E-state index in [0.29, 0.717) is 0 Å². The van der Waals surface area contributed by atoms with Crippen molar-refractivity contribution >= 4 is 12.0 Å². The van der Waals surface area contributed by atoms with Crippen LogP contribution in [0.25, 0.3) is 6.08 Å². The van der Waals surface area contributed by atoms with Gasteiger partial charge in [0.2, 0.25) is 5.91 Å². The van der Waals surface area contributed by atoms with Crippen molar-refractivity contribution in [2.75, 3.05) is 19.6 Å². The van der Waals surface area contributed by atoms with Gasteiger partial charge < -0.3 is 10.6 Å². The molecule has 2 N–H and O–H groups in total. The molecule has 1 saturated heterocycles. The largest absolute Gasteiger partial charge is 0.417 e. The predicted molar refractivity (Wildman–Crippen MR) is 79.3 cm³/mol. The van der Waals surface area contributed by atoms with Crippen molar-refractivity contribution in [3.63, 3.8) is 0 Å². The number of nitrogens with zero attached hydrogens (tertiary/aromatic N) is 1. The van der Waals surface area contributed by atoms with Gasteiger partial charge in [0.25, 0.3) is 0 Å². The highest BCUT2D eigenvalue weighted by Crippen LogP contribution is 2.34. The molecule has 1 fully saturated rings. The average Bonchev–Trinajstić information content (AvgIpc) is 2.47. The van der Waals surface area contributed by atoms with Crippen LogP contribution >= 0.6 is 0 Å². The van der Waals surface area contributed by atoms with E-state index in [-0.39, 0.29) is 11.1 Å². The van der Waals surface area contributed by atoms with Crippen molar-refractivity contribution in [3.8, 4) is 0 Å². The number of carbonyl (C=O) groups excluding carboxylic acids is 1. The van der Waals surface area contributed by atoms with Gasteiger partial charge >= 0.3 is 6.18 Å². The van der Waals surface area contributed by atoms with E-state index in [1.165, 1.54) is 12.1 Å². The lowest BCUT2D eigenvalue weighted by molar-refractivity contribution is -0.137. The molecule has 0 spiro atoms. The zero-order chi connectivity index (χ0) is 16.3. The molecule has 1 aromatic rings. The van der Waals surface area contributed by atoms with Crippen LogP contribution in [0.2, 0.25) is 0 Å². The monoisotopic (exact) mass is 312 g/mol. The van der Waals surface area contributed by atoms with Gasteiger partial charge in [-0.2, -0.15) is 13.2 Å². The number of carbonyl (C=O) groups is 1. The standard InChI is InChI=1S/C16H19F3N2O/c1-2-21-7-5-11(6-8-21)9-12-3-4-13(15(20)22)10-14(12)16(17,18)19/h3-4,9-10H,2,5-8H2,1H3,(H2,20,22). The summed E-state index contributed by atoms with van der Waals surface area (Å²) >= 11 is 0. The molecule has 120 valence electrons. The van der Waals surface area contributed by atoms with Crippen LogP contribution < -0.4 is 5.73 Å². The van der Waals surface area contributed by atoms with Crippen molar-refractivity contribution in [2.45, 2.75) is 25.9 Å². The van der Waals surface area contributed by atoms with Gasteiger partial charge in [0, 0.05) is 18.7 Å². The lowest BCUT2D eigenvalue weighted by Gasteiger charge is -2.27. The summed E-state index contributed by atoms with van der Waals surface area (Å²) in [5.74, 6) is -0.860. The Morgan fingerprint density at radius 1 is 1.32 bits per heavy atom. The molecule has 2 rings (SSSR count). The lowest BCUT2D eigenvalue weighted by Crippen LogP contribution is -2.30. The minimum absolute atomic E-state index is 0.0949. The number of primary amides is 1. The Morgan fingerprint density at radius 3 is 2.45 bits per heavy atom. The quantitative estimate of drug-likeness (QED) is 0.931. The summed E-state index contributed by atoms with van der Waals surface area (Å²) in [6.45, 7) is 4.75. The Morgan fingerprint density at radius 2 is 1.95 bits per heavy atom. The molecule has 0 saturated carbocycles. The molecule has 0 aliphatic carbocycles. The molecule has 0 unspecified atom stereocenters. The molecule has 1 aromatic carbocycles. The molecule has 1 aliphatic rings. The van der Waals surface area contributed by atoms with Crippen LogP contribution in [0.1, 0.15) is 41.3 Å². The maximum atomic E-state index is 13.2. The average molecular weight is 312 g/mol. The fourth-order valence-corrected chi connectivity index (χ4v) is 2.60. The minimum Gasteiger partial charge on any atom is -0.366 e. The topological polar surface area (TPSA) is 46.3 Å². The first-order valence-corrected chi connectivity index (χ1v) is 7.24. The Labute approximate surface area is 127 Å². The summed E-state index contributed by atoms with van der Waals surface area (Å²) in [5, 5.41) is 0. The Balaban J connectivity index is 2.33. The molecule has 1 heterocycles. The van der Waals surface area contributed by atoms with Gasteiger partial charge in [-0.25, -0.2) is 0 Å². The van der Waals surface area contributed by atoms with Gasteiger partial charge in [-0.15, -0.1) is 0 Å². The SMILES string of the molecule is CCN1CCC(=Cc2ccc(C(N)=O)cc2C(F)(F)F)CC1. The number of likely N-dealkylation sites (tertiary alicyclic amines) is 1. The lowest BCUT2D eigenvalue weighted by atomic mass is 9.97. The molecule has 3 nitrogen and oxygen atoms in total. The van der Waals surface area contributed by atoms with E-state index in [4.69, 9.17) is 5.73 Å². The molecule has 0 atom stereocenters. The summed E-state index contributed by atoms with van der Waals surface area (Å²) < 4.78 is 39.5. The van der Waals surface area contributed by atoms with Gasteiger partial charge in [-0.3, -0.25) is 4.79 Å². The van der Waals surface area contributed by atoms with Crippen LogP contribution in [0.4, 0.5) is 13.2 Å². The van der Waals surface area contributed by atoms with Crippen molar-refractivity contribution in [1.82, 2.24) is 4.90 Å². The van der Waals surface area contributed by atoms with Crippen LogP contribution in [0.3, 0.4) is 0 Å². The highest BCUT2D eigenvalue weighted by Gasteiger charge is 2.33. The first kappa shape index (κ1) is 16.5. The minimum atomic E-state index is -4.51. The first-order valence-electron chi connectivity index (χ1n) is 7.24. The third kappa shape index (κ3) is 3.88. The molecule has 6 heteroatoms. The number of piperidine rings is 1. The fraction of sp³-hybridized carbons (Fsp3) is 0.438. The number of alkyl halides is 3. The van der Waals surface area contributed by atoms with Crippen molar-refractivity contribution in [2.24, 2.45) is 5.73 Å². The highest BCUT2D eigenvalue weighted by atomic mass is 19.4. The Bertz CT molecular complexity index is 584. The van der Waals surface area contributed by atoms with Gasteiger partial charge in [0.1, 0.15) is 0 Å². The summed E-state index contributed by atoms with van der Waals surface area (Å²) in [4.78, 5) is 13.3. The number of hydrogen-bond acceptors (Lipinski definition) is 2. The van der Waals surface area contributed by atoms with E-state index >= 15 is 0 Å².